The van der Waals surface area contributed by atoms with Crippen LogP contribution in [0.1, 0.15) is 82.1 Å². The van der Waals surface area contributed by atoms with E-state index in [1.807, 2.05) is 231 Å². The number of ether oxygens (including phenoxy) is 6. The molecule has 0 spiro atoms. The highest BCUT2D eigenvalue weighted by Crippen LogP contribution is 2.11. The van der Waals surface area contributed by atoms with E-state index < -0.39 is 0 Å². The summed E-state index contributed by atoms with van der Waals surface area (Å²) in [7, 11) is 0. The minimum Gasteiger partial charge on any atom is -0.490 e. The zero-order chi connectivity index (χ0) is 61.7. The molecule has 0 N–H and O–H groups in total. The predicted octanol–water partition coefficient (Wildman–Crippen LogP) is 15.9. The molecule has 0 heterocycles. The van der Waals surface area contributed by atoms with Crippen LogP contribution in [0, 0.1) is 0 Å². The number of carbonyl (C=O) groups excluding carboxylic acids is 5. The monoisotopic (exact) mass is 1170 g/mol. The van der Waals surface area contributed by atoms with Crippen LogP contribution >= 0.6 is 0 Å². The number of hydrogen-bond acceptors (Lipinski definition) is 11. The molecule has 0 saturated carbocycles. The van der Waals surface area contributed by atoms with Crippen LogP contribution in [0.3, 0.4) is 0 Å². The van der Waals surface area contributed by atoms with Crippen LogP contribution in [0.5, 0.6) is 5.75 Å². The molecular weight excluding hydrogens is 1100 g/mol. The summed E-state index contributed by atoms with van der Waals surface area (Å²) in [5, 5.41) is 0. The second-order valence-electron chi connectivity index (χ2n) is 19.4. The average molecular weight is 1180 g/mol. The van der Waals surface area contributed by atoms with E-state index in [0.29, 0.717) is 61.7 Å². The highest BCUT2D eigenvalue weighted by atomic mass is 16.6. The van der Waals surface area contributed by atoms with Gasteiger partial charge in [0.05, 0.1) is 48.5 Å². The molecule has 0 aliphatic heterocycles. The normalized spacial score (nSPS) is 9.91. The van der Waals surface area contributed by atoms with Gasteiger partial charge >= 0.3 is 29.8 Å². The smallest absolute Gasteiger partial charge is 0.338 e. The van der Waals surface area contributed by atoms with Crippen LogP contribution in [0.25, 0.3) is 0 Å². The standard InChI is InChI=1S/C17H18O2.C16H16O2.C15H14O3.C15H14O2.C14H12O2/c18-17(16-12-5-2-6-13-16)19-14-8-7-11-15-9-3-1-4-10-15;17-16(13-15-9-5-2-6-10-15)18-12-11-14-7-3-1-4-8-14;16-15(13-7-3-1-4-8-13)18-12-11-17-14-9-5-2-6-10-14;16-15(14-9-5-2-6-10-14)17-12-11-13-7-3-1-4-8-13;15-14(13-9-5-2-6-10-13)16-11-12-7-3-1-4-8-12/h1-6,9-10,12-13H,7-8,11,14H2;1-10H,11-13H2;1-10H,11-12H2;1-10H,11-12H2;1-10H,11H2. The van der Waals surface area contributed by atoms with Gasteiger partial charge in [0.2, 0.25) is 0 Å². The first-order chi connectivity index (χ1) is 43.3. The second kappa shape index (κ2) is 41.4. The minimum atomic E-state index is -0.327. The van der Waals surface area contributed by atoms with Gasteiger partial charge in [0.25, 0.3) is 0 Å². The van der Waals surface area contributed by atoms with Gasteiger partial charge in [-0.1, -0.05) is 243 Å². The maximum absolute atomic E-state index is 11.7. The molecule has 0 atom stereocenters. The van der Waals surface area contributed by atoms with E-state index in [4.69, 9.17) is 28.4 Å². The summed E-state index contributed by atoms with van der Waals surface area (Å²) in [6, 6.07) is 95.1. The Hall–Kier alpha value is -10.7. The minimum absolute atomic E-state index is 0.169. The van der Waals surface area contributed by atoms with E-state index >= 15 is 0 Å². The molecule has 10 rings (SSSR count). The fraction of sp³-hybridized carbons (Fsp3) is 0.156. The second-order valence-corrected chi connectivity index (χ2v) is 19.4. The van der Waals surface area contributed by atoms with Crippen LogP contribution in [0.4, 0.5) is 0 Å². The van der Waals surface area contributed by atoms with E-state index in [1.165, 1.54) is 16.7 Å². The Morgan fingerprint density at radius 3 is 0.932 bits per heavy atom. The molecule has 10 aromatic carbocycles. The van der Waals surface area contributed by atoms with Crippen molar-refractivity contribution in [2.45, 2.75) is 45.1 Å². The van der Waals surface area contributed by atoms with Crippen LogP contribution in [-0.4, -0.2) is 62.9 Å². The Morgan fingerprint density at radius 2 is 0.534 bits per heavy atom. The molecule has 11 nitrogen and oxygen atoms in total. The fourth-order valence-electron chi connectivity index (χ4n) is 8.05. The number of aryl methyl sites for hydroxylation is 1. The highest BCUT2D eigenvalue weighted by molar-refractivity contribution is 5.90. The average Bonchev–Trinajstić information content (AvgIpc) is 3.64. The van der Waals surface area contributed by atoms with Gasteiger partial charge in [0, 0.05) is 12.8 Å². The Balaban J connectivity index is 0.000000176. The van der Waals surface area contributed by atoms with Crippen molar-refractivity contribution < 1.29 is 52.4 Å². The molecule has 0 bridgehead atoms. The van der Waals surface area contributed by atoms with E-state index in [9.17, 15) is 24.0 Å². The van der Waals surface area contributed by atoms with Crippen molar-refractivity contribution >= 4 is 29.8 Å². The molecular formula is C77H74O11. The molecule has 0 fully saturated rings. The highest BCUT2D eigenvalue weighted by Gasteiger charge is 2.09. The largest absolute Gasteiger partial charge is 0.490 e. The summed E-state index contributed by atoms with van der Waals surface area (Å²) in [5.41, 5.74) is 8.02. The van der Waals surface area contributed by atoms with Crippen molar-refractivity contribution in [1.29, 1.82) is 0 Å². The van der Waals surface area contributed by atoms with Crippen molar-refractivity contribution in [3.05, 3.63) is 353 Å². The van der Waals surface area contributed by atoms with Crippen LogP contribution in [0.15, 0.2) is 303 Å². The third-order valence-electron chi connectivity index (χ3n) is 12.7. The van der Waals surface area contributed by atoms with Gasteiger partial charge in [-0.3, -0.25) is 4.79 Å². The van der Waals surface area contributed by atoms with E-state index in [0.717, 1.165) is 49.0 Å². The topological polar surface area (TPSA) is 141 Å². The molecule has 11 heteroatoms. The molecule has 0 radical (unpaired) electrons. The van der Waals surface area contributed by atoms with Gasteiger partial charge < -0.3 is 28.4 Å². The lowest BCUT2D eigenvalue weighted by molar-refractivity contribution is -0.142. The number of carbonyl (C=O) groups is 5. The van der Waals surface area contributed by atoms with Crippen LogP contribution in [-0.2, 0) is 60.8 Å². The zero-order valence-corrected chi connectivity index (χ0v) is 49.3. The first-order valence-corrected chi connectivity index (χ1v) is 29.2. The van der Waals surface area contributed by atoms with Crippen molar-refractivity contribution in [2.75, 3.05) is 33.0 Å². The number of hydrogen-bond donors (Lipinski definition) is 0. The molecule has 0 aliphatic carbocycles. The molecule has 0 aromatic heterocycles. The Labute approximate surface area is 517 Å². The number of esters is 5. The van der Waals surface area contributed by atoms with Gasteiger partial charge in [-0.05, 0) is 108 Å². The summed E-state index contributed by atoms with van der Waals surface area (Å²) in [4.78, 5) is 58.0. The quantitative estimate of drug-likeness (QED) is 0.0343. The first kappa shape index (κ1) is 66.5. The van der Waals surface area contributed by atoms with E-state index in [1.54, 1.807) is 60.7 Å². The maximum Gasteiger partial charge on any atom is 0.338 e. The zero-order valence-electron chi connectivity index (χ0n) is 49.3. The van der Waals surface area contributed by atoms with Crippen molar-refractivity contribution in [3.63, 3.8) is 0 Å². The number of unbranched alkanes of at least 4 members (excludes halogenated alkanes) is 1. The Morgan fingerprint density at radius 1 is 0.239 bits per heavy atom. The van der Waals surface area contributed by atoms with Gasteiger partial charge in [-0.25, -0.2) is 19.2 Å². The lowest BCUT2D eigenvalue weighted by atomic mass is 10.1. The first-order valence-electron chi connectivity index (χ1n) is 29.2. The molecule has 448 valence electrons. The molecule has 0 saturated heterocycles. The molecule has 0 unspecified atom stereocenters. The fourth-order valence-corrected chi connectivity index (χ4v) is 8.05. The van der Waals surface area contributed by atoms with Gasteiger partial charge in [-0.15, -0.1) is 0 Å². The maximum atomic E-state index is 11.7. The SMILES string of the molecule is O=C(Cc1ccccc1)OCCc1ccccc1.O=C(OCCCCc1ccccc1)c1ccccc1.O=C(OCCOc1ccccc1)c1ccccc1.O=C(OCCc1ccccc1)c1ccccc1.O=C(OCc1ccccc1)c1ccccc1. The predicted molar refractivity (Wildman–Crippen MR) is 345 cm³/mol. The number of para-hydroxylation sites is 1. The number of benzene rings is 10. The third-order valence-corrected chi connectivity index (χ3v) is 12.7. The summed E-state index contributed by atoms with van der Waals surface area (Å²) < 4.78 is 31.3. The van der Waals surface area contributed by atoms with Crippen LogP contribution < -0.4 is 4.74 Å². The molecule has 88 heavy (non-hydrogen) atoms. The van der Waals surface area contributed by atoms with Gasteiger partial charge in [0.15, 0.2) is 0 Å². The lowest BCUT2D eigenvalue weighted by Crippen LogP contribution is -2.12. The Kier molecular flexibility index (Phi) is 31.3. The summed E-state index contributed by atoms with van der Waals surface area (Å²) in [6.45, 7) is 2.24. The van der Waals surface area contributed by atoms with Crippen LogP contribution in [0.2, 0.25) is 0 Å². The lowest BCUT2D eigenvalue weighted by Gasteiger charge is -2.07. The molecule has 0 amide bonds. The Bertz CT molecular complexity index is 3450. The summed E-state index contributed by atoms with van der Waals surface area (Å²) in [5.74, 6) is -0.510. The van der Waals surface area contributed by atoms with Crippen molar-refractivity contribution in [1.82, 2.24) is 0 Å². The molecule has 10 aromatic rings. The van der Waals surface area contributed by atoms with Gasteiger partial charge in [0.1, 0.15) is 25.6 Å². The summed E-state index contributed by atoms with van der Waals surface area (Å²) >= 11 is 0. The van der Waals surface area contributed by atoms with E-state index in [2.05, 4.69) is 12.1 Å². The third kappa shape index (κ3) is 28.3. The molecule has 0 aliphatic rings. The number of rotatable bonds is 23. The van der Waals surface area contributed by atoms with Crippen molar-refractivity contribution in [2.24, 2.45) is 0 Å². The van der Waals surface area contributed by atoms with E-state index in [-0.39, 0.29) is 36.5 Å². The van der Waals surface area contributed by atoms with Gasteiger partial charge in [-0.2, -0.15) is 0 Å². The van der Waals surface area contributed by atoms with Crippen molar-refractivity contribution in [3.8, 4) is 5.75 Å². The summed E-state index contributed by atoms with van der Waals surface area (Å²) in [6.07, 6.45) is 4.82.